The number of nitrogens with two attached hydrogens (primary N) is 1. The smallest absolute Gasteiger partial charge is 0.330 e. The Morgan fingerprint density at radius 3 is 2.00 bits per heavy atom. The van der Waals surface area contributed by atoms with Crippen LogP contribution in [0.1, 0.15) is 47.8 Å². The molecule has 3 rings (SSSR count). The van der Waals surface area contributed by atoms with E-state index >= 15 is 0 Å². The third kappa shape index (κ3) is 4.96. The number of nitrogens with one attached hydrogen (secondary N) is 1. The van der Waals surface area contributed by atoms with E-state index in [0.717, 1.165) is 9.98 Å². The van der Waals surface area contributed by atoms with Gasteiger partial charge in [-0.3, -0.25) is 14.3 Å². The minimum atomic E-state index is -4.20. The van der Waals surface area contributed by atoms with Gasteiger partial charge in [0, 0.05) is 12.3 Å². The SMILES string of the molecule is CC(C)(C)[Si](C)(C)OC1[C@H](n2ccc(=O)[nH]c2=O)O[C@H](O[Si](C)(C)C(C)(C)C)C12OS(=O)(=O)C=C2N. The maximum absolute atomic E-state index is 12.8. The van der Waals surface area contributed by atoms with Gasteiger partial charge in [0.25, 0.3) is 15.7 Å². The molecule has 1 fully saturated rings. The Labute approximate surface area is 214 Å². The van der Waals surface area contributed by atoms with E-state index in [0.29, 0.717) is 0 Å². The van der Waals surface area contributed by atoms with Crippen LogP contribution in [-0.2, 0) is 27.9 Å². The highest BCUT2D eigenvalue weighted by Gasteiger charge is 2.69. The molecule has 1 saturated heterocycles. The van der Waals surface area contributed by atoms with E-state index in [2.05, 4.69) is 4.98 Å². The van der Waals surface area contributed by atoms with E-state index in [-0.39, 0.29) is 15.8 Å². The van der Waals surface area contributed by atoms with E-state index in [9.17, 15) is 18.0 Å². The Morgan fingerprint density at radius 2 is 1.56 bits per heavy atom. The molecule has 3 N–H and O–H groups in total. The number of hydrogen-bond donors (Lipinski definition) is 2. The summed E-state index contributed by atoms with van der Waals surface area (Å²) in [5.74, 6) is 0. The lowest BCUT2D eigenvalue weighted by Crippen LogP contribution is -2.60. The number of hydrogen-bond acceptors (Lipinski definition) is 9. The molecule has 2 aliphatic rings. The zero-order valence-corrected chi connectivity index (χ0v) is 25.5. The van der Waals surface area contributed by atoms with Crippen LogP contribution in [0.5, 0.6) is 0 Å². The number of rotatable bonds is 5. The van der Waals surface area contributed by atoms with Crippen molar-refractivity contribution < 1.29 is 26.2 Å². The van der Waals surface area contributed by atoms with Crippen LogP contribution in [0.2, 0.25) is 36.3 Å². The molecule has 0 bridgehead atoms. The van der Waals surface area contributed by atoms with Crippen molar-refractivity contribution in [3.8, 4) is 0 Å². The van der Waals surface area contributed by atoms with Gasteiger partial charge in [-0.05, 0) is 36.3 Å². The van der Waals surface area contributed by atoms with Gasteiger partial charge in [-0.25, -0.2) is 8.98 Å². The Morgan fingerprint density at radius 1 is 1.03 bits per heavy atom. The summed E-state index contributed by atoms with van der Waals surface area (Å²) in [5, 5.41) is 0.289. The topological polar surface area (TPSA) is 152 Å². The Hall–Kier alpha value is -1.56. The van der Waals surface area contributed by atoms with Crippen LogP contribution in [0.15, 0.2) is 33.0 Å². The fourth-order valence-corrected chi connectivity index (χ4v) is 7.18. The summed E-state index contributed by atoms with van der Waals surface area (Å²) in [7, 11) is -9.42. The first-order valence-electron chi connectivity index (χ1n) is 11.8. The molecule has 1 aromatic rings. The number of ether oxygens (including phenoxy) is 1. The molecule has 4 atom stereocenters. The molecular weight excluding hydrogens is 522 g/mol. The summed E-state index contributed by atoms with van der Waals surface area (Å²) in [6, 6.07) is 1.17. The molecule has 0 aliphatic carbocycles. The highest BCUT2D eigenvalue weighted by molar-refractivity contribution is 7.90. The van der Waals surface area contributed by atoms with E-state index in [1.54, 1.807) is 0 Å². The summed E-state index contributed by atoms with van der Waals surface area (Å²) < 4.78 is 51.9. The average Bonchev–Trinajstić information content (AvgIpc) is 3.06. The minimum absolute atomic E-state index is 0.130. The van der Waals surface area contributed by atoms with Crippen molar-refractivity contribution in [1.82, 2.24) is 9.55 Å². The molecular formula is C22H39N3O8SSi2. The molecule has 11 nitrogen and oxygen atoms in total. The predicted octanol–water partition coefficient (Wildman–Crippen LogP) is 2.70. The Bertz CT molecular complexity index is 1270. The van der Waals surface area contributed by atoms with Gasteiger partial charge in [0.05, 0.1) is 11.1 Å². The largest absolute Gasteiger partial charge is 0.406 e. The summed E-state index contributed by atoms with van der Waals surface area (Å²) >= 11 is 0. The van der Waals surface area contributed by atoms with Crippen molar-refractivity contribution in [2.45, 2.75) is 102 Å². The number of H-pyrrole nitrogens is 1. The Balaban J connectivity index is 2.28. The summed E-state index contributed by atoms with van der Waals surface area (Å²) in [5.41, 5.74) is 3.06. The van der Waals surface area contributed by atoms with E-state index in [1.807, 2.05) is 67.7 Å². The zero-order chi connectivity index (χ0) is 27.7. The monoisotopic (exact) mass is 561 g/mol. The molecule has 2 aliphatic heterocycles. The standard InChI is InChI=1S/C22H39N3O8SSi2/c1-20(2,3)35(7,8)31-16-17(25-12-11-15(26)24-19(25)27)30-18(32-36(9,10)21(4,5)6)22(16)14(23)13-34(28,29)33-22/h11-13,16-18H,23H2,1-10H3,(H,24,26,27)/t16?,17-,18-,22?/m1/s1. The van der Waals surface area contributed by atoms with Gasteiger partial charge in [0.15, 0.2) is 29.2 Å². The molecule has 2 unspecified atom stereocenters. The van der Waals surface area contributed by atoms with Gasteiger partial charge in [-0.2, -0.15) is 8.42 Å². The summed E-state index contributed by atoms with van der Waals surface area (Å²) in [4.78, 5) is 26.8. The number of aromatic nitrogens is 2. The first kappa shape index (κ1) is 29.0. The lowest BCUT2D eigenvalue weighted by atomic mass is 9.94. The van der Waals surface area contributed by atoms with Crippen LogP contribution < -0.4 is 17.0 Å². The Kier molecular flexibility index (Phi) is 7.05. The van der Waals surface area contributed by atoms with Crippen LogP contribution in [0.4, 0.5) is 0 Å². The van der Waals surface area contributed by atoms with Gasteiger partial charge in [0.2, 0.25) is 5.60 Å². The van der Waals surface area contributed by atoms with Gasteiger partial charge in [-0.15, -0.1) is 0 Å². The second kappa shape index (κ2) is 8.75. The number of aromatic amines is 1. The lowest BCUT2D eigenvalue weighted by Gasteiger charge is -2.44. The third-order valence-electron chi connectivity index (χ3n) is 7.83. The molecule has 36 heavy (non-hydrogen) atoms. The quantitative estimate of drug-likeness (QED) is 0.408. The predicted molar refractivity (Wildman–Crippen MR) is 141 cm³/mol. The molecule has 14 heteroatoms. The lowest BCUT2D eigenvalue weighted by molar-refractivity contribution is -0.147. The van der Waals surface area contributed by atoms with Crippen molar-refractivity contribution in [1.29, 1.82) is 0 Å². The summed E-state index contributed by atoms with van der Waals surface area (Å²) in [6.45, 7) is 20.1. The minimum Gasteiger partial charge on any atom is -0.406 e. The van der Waals surface area contributed by atoms with Crippen LogP contribution in [-0.4, -0.2) is 52.6 Å². The van der Waals surface area contributed by atoms with Crippen molar-refractivity contribution in [2.24, 2.45) is 5.73 Å². The van der Waals surface area contributed by atoms with Gasteiger partial charge >= 0.3 is 5.69 Å². The van der Waals surface area contributed by atoms with Crippen molar-refractivity contribution in [3.05, 3.63) is 44.2 Å². The normalized spacial score (nSPS) is 29.1. The van der Waals surface area contributed by atoms with Crippen LogP contribution >= 0.6 is 0 Å². The first-order chi connectivity index (χ1) is 16.0. The molecule has 0 saturated carbocycles. The maximum atomic E-state index is 12.8. The van der Waals surface area contributed by atoms with Crippen molar-refractivity contribution in [3.63, 3.8) is 0 Å². The zero-order valence-electron chi connectivity index (χ0n) is 22.7. The van der Waals surface area contributed by atoms with Gasteiger partial charge < -0.3 is 19.3 Å². The second-order valence-electron chi connectivity index (χ2n) is 12.5. The van der Waals surface area contributed by atoms with E-state index in [1.165, 1.54) is 12.3 Å². The maximum Gasteiger partial charge on any atom is 0.330 e. The van der Waals surface area contributed by atoms with Crippen LogP contribution in [0.25, 0.3) is 0 Å². The number of nitrogens with zero attached hydrogens (tertiary/aromatic N) is 1. The molecule has 0 radical (unpaired) electrons. The van der Waals surface area contributed by atoms with E-state index in [4.69, 9.17) is 23.5 Å². The highest BCUT2D eigenvalue weighted by atomic mass is 32.2. The molecule has 3 heterocycles. The highest BCUT2D eigenvalue weighted by Crippen LogP contribution is 2.53. The van der Waals surface area contributed by atoms with Gasteiger partial charge in [0.1, 0.15) is 6.10 Å². The average molecular weight is 562 g/mol. The van der Waals surface area contributed by atoms with E-state index < -0.39 is 62.2 Å². The molecule has 0 amide bonds. The van der Waals surface area contributed by atoms with Crippen molar-refractivity contribution in [2.75, 3.05) is 0 Å². The van der Waals surface area contributed by atoms with Crippen LogP contribution in [0, 0.1) is 0 Å². The van der Waals surface area contributed by atoms with Crippen molar-refractivity contribution >= 4 is 26.8 Å². The molecule has 0 aromatic carbocycles. The summed E-state index contributed by atoms with van der Waals surface area (Å²) in [6.07, 6.45) is -2.39. The molecule has 1 aromatic heterocycles. The van der Waals surface area contributed by atoms with Crippen LogP contribution in [0.3, 0.4) is 0 Å². The molecule has 204 valence electrons. The second-order valence-corrected chi connectivity index (χ2v) is 23.4. The molecule has 1 spiro atoms. The third-order valence-corrected chi connectivity index (χ3v) is 17.8. The fourth-order valence-electron chi connectivity index (χ4n) is 3.58. The first-order valence-corrected chi connectivity index (χ1v) is 19.1. The van der Waals surface area contributed by atoms with Gasteiger partial charge in [-0.1, -0.05) is 41.5 Å². The fraction of sp³-hybridized carbons (Fsp3) is 0.727.